The van der Waals surface area contributed by atoms with Gasteiger partial charge in [0.25, 0.3) is 0 Å². The molecule has 0 amide bonds. The van der Waals surface area contributed by atoms with Crippen molar-refractivity contribution >= 4 is 16.8 Å². The summed E-state index contributed by atoms with van der Waals surface area (Å²) in [6, 6.07) is 8.24. The van der Waals surface area contributed by atoms with Crippen molar-refractivity contribution in [3.63, 3.8) is 0 Å². The van der Waals surface area contributed by atoms with Crippen molar-refractivity contribution in [2.75, 3.05) is 31.1 Å². The average molecular weight is 440 g/mol. The summed E-state index contributed by atoms with van der Waals surface area (Å²) in [5.74, 6) is 0.499. The number of hydrogen-bond donors (Lipinski definition) is 0. The number of rotatable bonds is 5. The van der Waals surface area contributed by atoms with Gasteiger partial charge in [-0.05, 0) is 56.7 Å². The van der Waals surface area contributed by atoms with Crippen LogP contribution in [0.5, 0.6) is 0 Å². The lowest BCUT2D eigenvalue weighted by Gasteiger charge is -2.35. The Labute approximate surface area is 184 Å². The van der Waals surface area contributed by atoms with Gasteiger partial charge in [0.2, 0.25) is 0 Å². The average Bonchev–Trinajstić information content (AvgIpc) is 2.79. The summed E-state index contributed by atoms with van der Waals surface area (Å²) in [7, 11) is -0.964. The van der Waals surface area contributed by atoms with Gasteiger partial charge in [-0.25, -0.2) is 17.9 Å². The second kappa shape index (κ2) is 9.20. The van der Waals surface area contributed by atoms with Crippen molar-refractivity contribution in [2.45, 2.75) is 26.0 Å². The first-order chi connectivity index (χ1) is 14.9. The molecule has 1 aromatic carbocycles. The lowest BCUT2D eigenvalue weighted by Crippen LogP contribution is -2.48. The fraction of sp³-hybridized carbons (Fsp3) is 0.348. The van der Waals surface area contributed by atoms with Crippen molar-refractivity contribution in [3.05, 3.63) is 60.3 Å². The van der Waals surface area contributed by atoms with Gasteiger partial charge in [-0.1, -0.05) is 0 Å². The van der Waals surface area contributed by atoms with Gasteiger partial charge < -0.3 is 4.90 Å². The van der Waals surface area contributed by atoms with E-state index in [2.05, 4.69) is 9.88 Å². The van der Waals surface area contributed by atoms with Crippen LogP contribution in [-0.4, -0.2) is 54.9 Å². The highest BCUT2D eigenvalue weighted by Gasteiger charge is 2.24. The van der Waals surface area contributed by atoms with E-state index in [1.54, 1.807) is 30.7 Å². The standard InChI is InChI=1S/C23H26FN5OS/c1-16(2)31(30)29-12-10-28(11-13-29)21-15-26-22(18-4-6-19(24)7-5-18)23(27-21)20-8-9-25-14-17(20)3/h4-9,14-16H,10-13H2,1-3H3. The SMILES string of the molecule is Cc1cnccc1-c1nc(N2CCN(S(=O)C(C)C)CC2)cnc1-c1ccc(F)cc1. The Hall–Kier alpha value is -2.71. The third-order valence-electron chi connectivity index (χ3n) is 5.37. The van der Waals surface area contributed by atoms with Gasteiger partial charge in [-0.2, -0.15) is 0 Å². The monoisotopic (exact) mass is 439 g/mol. The zero-order valence-corrected chi connectivity index (χ0v) is 18.8. The minimum Gasteiger partial charge on any atom is -0.353 e. The lowest BCUT2D eigenvalue weighted by atomic mass is 10.0. The van der Waals surface area contributed by atoms with E-state index in [1.165, 1.54) is 12.1 Å². The van der Waals surface area contributed by atoms with Gasteiger partial charge in [0.15, 0.2) is 0 Å². The number of anilines is 1. The largest absolute Gasteiger partial charge is 0.353 e. The molecular formula is C23H26FN5OS. The molecule has 162 valence electrons. The van der Waals surface area contributed by atoms with Crippen LogP contribution in [0.4, 0.5) is 10.2 Å². The van der Waals surface area contributed by atoms with E-state index in [4.69, 9.17) is 9.97 Å². The second-order valence-electron chi connectivity index (χ2n) is 7.86. The van der Waals surface area contributed by atoms with Crippen molar-refractivity contribution in [2.24, 2.45) is 0 Å². The number of piperazine rings is 1. The topological polar surface area (TPSA) is 62.2 Å². The van der Waals surface area contributed by atoms with Crippen LogP contribution in [0.3, 0.4) is 0 Å². The highest BCUT2D eigenvalue weighted by Crippen LogP contribution is 2.32. The molecule has 0 spiro atoms. The van der Waals surface area contributed by atoms with Crippen molar-refractivity contribution in [3.8, 4) is 22.5 Å². The first-order valence-electron chi connectivity index (χ1n) is 10.4. The summed E-state index contributed by atoms with van der Waals surface area (Å²) in [6.45, 7) is 8.85. The summed E-state index contributed by atoms with van der Waals surface area (Å²) in [4.78, 5) is 16.1. The number of nitrogens with zero attached hydrogens (tertiary/aromatic N) is 5. The molecule has 3 heterocycles. The van der Waals surface area contributed by atoms with Gasteiger partial charge in [-0.15, -0.1) is 0 Å². The Morgan fingerprint density at radius 1 is 1.00 bits per heavy atom. The minimum absolute atomic E-state index is 0.114. The third-order valence-corrected chi connectivity index (χ3v) is 7.05. The first-order valence-corrected chi connectivity index (χ1v) is 11.6. The normalized spacial score (nSPS) is 16.0. The summed E-state index contributed by atoms with van der Waals surface area (Å²) >= 11 is 0. The van der Waals surface area contributed by atoms with Crippen molar-refractivity contribution in [1.82, 2.24) is 19.3 Å². The summed E-state index contributed by atoms with van der Waals surface area (Å²) < 4.78 is 27.9. The van der Waals surface area contributed by atoms with Crippen LogP contribution in [0, 0.1) is 12.7 Å². The molecule has 0 aliphatic carbocycles. The molecule has 6 nitrogen and oxygen atoms in total. The number of pyridine rings is 1. The van der Waals surface area contributed by atoms with Gasteiger partial charge in [-0.3, -0.25) is 9.97 Å². The van der Waals surface area contributed by atoms with Crippen LogP contribution in [0.1, 0.15) is 19.4 Å². The van der Waals surface area contributed by atoms with E-state index < -0.39 is 11.0 Å². The Bertz CT molecular complexity index is 1080. The number of halogens is 1. The van der Waals surface area contributed by atoms with E-state index in [9.17, 15) is 8.60 Å². The third kappa shape index (κ3) is 4.65. The molecule has 0 radical (unpaired) electrons. The number of benzene rings is 1. The predicted molar refractivity (Wildman–Crippen MR) is 122 cm³/mol. The highest BCUT2D eigenvalue weighted by atomic mass is 32.2. The smallest absolute Gasteiger partial charge is 0.147 e. The lowest BCUT2D eigenvalue weighted by molar-refractivity contribution is 0.406. The molecule has 1 unspecified atom stereocenters. The van der Waals surface area contributed by atoms with Gasteiger partial charge in [0, 0.05) is 54.9 Å². The van der Waals surface area contributed by atoms with E-state index in [-0.39, 0.29) is 11.1 Å². The van der Waals surface area contributed by atoms with E-state index in [0.717, 1.165) is 54.4 Å². The number of aryl methyl sites for hydroxylation is 1. The molecule has 1 aliphatic heterocycles. The number of hydrogen-bond acceptors (Lipinski definition) is 5. The van der Waals surface area contributed by atoms with Crippen LogP contribution < -0.4 is 4.90 Å². The maximum absolute atomic E-state index is 13.5. The Morgan fingerprint density at radius 2 is 1.71 bits per heavy atom. The Kier molecular flexibility index (Phi) is 6.38. The molecular weight excluding hydrogens is 413 g/mol. The Morgan fingerprint density at radius 3 is 2.35 bits per heavy atom. The van der Waals surface area contributed by atoms with Crippen LogP contribution in [-0.2, 0) is 11.0 Å². The van der Waals surface area contributed by atoms with Crippen molar-refractivity contribution < 1.29 is 8.60 Å². The van der Waals surface area contributed by atoms with Crippen LogP contribution in [0.15, 0.2) is 48.9 Å². The van der Waals surface area contributed by atoms with Gasteiger partial charge in [0.1, 0.15) is 11.6 Å². The fourth-order valence-corrected chi connectivity index (χ4v) is 4.79. The molecule has 1 aliphatic rings. The molecule has 4 rings (SSSR count). The molecule has 0 N–H and O–H groups in total. The highest BCUT2D eigenvalue weighted by molar-refractivity contribution is 7.83. The first kappa shape index (κ1) is 21.5. The Balaban J connectivity index is 1.69. The maximum Gasteiger partial charge on any atom is 0.147 e. The number of aromatic nitrogens is 3. The van der Waals surface area contributed by atoms with Crippen LogP contribution in [0.25, 0.3) is 22.5 Å². The molecule has 31 heavy (non-hydrogen) atoms. The van der Waals surface area contributed by atoms with Crippen LogP contribution >= 0.6 is 0 Å². The van der Waals surface area contributed by atoms with Crippen LogP contribution in [0.2, 0.25) is 0 Å². The summed E-state index contributed by atoms with van der Waals surface area (Å²) in [5, 5.41) is 0.114. The second-order valence-corrected chi connectivity index (χ2v) is 9.88. The molecule has 1 saturated heterocycles. The molecule has 8 heteroatoms. The van der Waals surface area contributed by atoms with E-state index in [1.807, 2.05) is 31.1 Å². The quantitative estimate of drug-likeness (QED) is 0.604. The van der Waals surface area contributed by atoms with Crippen molar-refractivity contribution in [1.29, 1.82) is 0 Å². The summed E-state index contributed by atoms with van der Waals surface area (Å²) in [5.41, 5.74) is 4.20. The summed E-state index contributed by atoms with van der Waals surface area (Å²) in [6.07, 6.45) is 5.32. The molecule has 0 bridgehead atoms. The van der Waals surface area contributed by atoms with Gasteiger partial charge >= 0.3 is 0 Å². The van der Waals surface area contributed by atoms with E-state index >= 15 is 0 Å². The molecule has 0 saturated carbocycles. The van der Waals surface area contributed by atoms with Gasteiger partial charge in [0.05, 0.1) is 28.6 Å². The fourth-order valence-electron chi connectivity index (χ4n) is 3.67. The molecule has 1 atom stereocenters. The molecule has 3 aromatic rings. The molecule has 2 aromatic heterocycles. The zero-order chi connectivity index (χ0) is 22.0. The van der Waals surface area contributed by atoms with E-state index in [0.29, 0.717) is 5.69 Å². The predicted octanol–water partition coefficient (Wildman–Crippen LogP) is 3.85. The minimum atomic E-state index is -0.964. The molecule has 1 fully saturated rings. The zero-order valence-electron chi connectivity index (χ0n) is 18.0. The maximum atomic E-state index is 13.5.